The van der Waals surface area contributed by atoms with E-state index in [0.29, 0.717) is 11.4 Å². The summed E-state index contributed by atoms with van der Waals surface area (Å²) in [6.45, 7) is 1.62. The zero-order valence-electron chi connectivity index (χ0n) is 15.8. The zero-order chi connectivity index (χ0) is 20.8. The van der Waals surface area contributed by atoms with E-state index in [1.54, 1.807) is 6.92 Å². The van der Waals surface area contributed by atoms with Crippen LogP contribution in [0.15, 0.2) is 63.4 Å². The molecule has 3 aromatic rings. The van der Waals surface area contributed by atoms with Gasteiger partial charge in [-0.3, -0.25) is 14.6 Å². The van der Waals surface area contributed by atoms with E-state index < -0.39 is 29.7 Å². The van der Waals surface area contributed by atoms with Gasteiger partial charge in [-0.1, -0.05) is 46.8 Å². The van der Waals surface area contributed by atoms with Gasteiger partial charge in [0.2, 0.25) is 11.7 Å². The second kappa shape index (κ2) is 6.83. The number of anilines is 1. The van der Waals surface area contributed by atoms with Crippen LogP contribution in [0.5, 0.6) is 0 Å². The summed E-state index contributed by atoms with van der Waals surface area (Å²) in [6, 6.07) is 11.6. The van der Waals surface area contributed by atoms with Crippen molar-refractivity contribution in [3.8, 4) is 11.4 Å². The third-order valence-electron chi connectivity index (χ3n) is 5.07. The summed E-state index contributed by atoms with van der Waals surface area (Å²) in [4.78, 5) is 31.0. The fourth-order valence-corrected chi connectivity index (χ4v) is 3.49. The number of carbonyl (C=O) groups is 2. The number of aromatic nitrogens is 2. The molecule has 2 aromatic carbocycles. The number of amides is 2. The second-order valence-corrected chi connectivity index (χ2v) is 7.02. The van der Waals surface area contributed by atoms with Gasteiger partial charge >= 0.3 is 0 Å². The first-order valence-corrected chi connectivity index (χ1v) is 9.22. The van der Waals surface area contributed by atoms with Crippen molar-refractivity contribution in [2.24, 2.45) is 10.3 Å². The van der Waals surface area contributed by atoms with Crippen molar-refractivity contribution in [1.82, 2.24) is 15.1 Å². The molecule has 0 bridgehead atoms. The maximum absolute atomic E-state index is 14.0. The number of aryl methyl sites for hydroxylation is 1. The number of rotatable bonds is 4. The molecule has 2 aliphatic heterocycles. The smallest absolute Gasteiger partial charge is 0.263 e. The predicted octanol–water partition coefficient (Wildman–Crippen LogP) is 2.68. The van der Waals surface area contributed by atoms with E-state index in [0.717, 1.165) is 16.5 Å². The van der Waals surface area contributed by atoms with Crippen LogP contribution in [-0.2, 0) is 16.1 Å². The number of carbonyl (C=O) groups excluding carboxylic acids is 2. The first kappa shape index (κ1) is 18.1. The van der Waals surface area contributed by atoms with Gasteiger partial charge in [0.05, 0.1) is 5.69 Å². The van der Waals surface area contributed by atoms with Crippen LogP contribution < -0.4 is 4.90 Å². The highest BCUT2D eigenvalue weighted by molar-refractivity contribution is 6.25. The summed E-state index contributed by atoms with van der Waals surface area (Å²) in [6.07, 6.45) is 0. The average Bonchev–Trinajstić information content (AvgIpc) is 3.44. The van der Waals surface area contributed by atoms with E-state index in [2.05, 4.69) is 20.5 Å². The molecule has 0 radical (unpaired) electrons. The summed E-state index contributed by atoms with van der Waals surface area (Å²) in [5.74, 6) is -0.934. The van der Waals surface area contributed by atoms with Crippen molar-refractivity contribution in [3.63, 3.8) is 0 Å². The Hall–Kier alpha value is -3.95. The van der Waals surface area contributed by atoms with Gasteiger partial charge in [0.25, 0.3) is 11.8 Å². The number of halogens is 1. The van der Waals surface area contributed by atoms with E-state index in [1.165, 1.54) is 17.1 Å². The topological polar surface area (TPSA) is 104 Å². The Morgan fingerprint density at radius 2 is 1.90 bits per heavy atom. The molecule has 150 valence electrons. The van der Waals surface area contributed by atoms with Crippen LogP contribution in [-0.4, -0.2) is 39.0 Å². The van der Waals surface area contributed by atoms with Crippen molar-refractivity contribution in [1.29, 1.82) is 0 Å². The molecular weight excluding hydrogens is 391 g/mol. The molecular formula is C20H15FN6O3. The van der Waals surface area contributed by atoms with Crippen molar-refractivity contribution >= 4 is 17.5 Å². The van der Waals surface area contributed by atoms with Crippen LogP contribution in [0.3, 0.4) is 0 Å². The third kappa shape index (κ3) is 2.84. The molecule has 0 N–H and O–H groups in total. The lowest BCUT2D eigenvalue weighted by molar-refractivity contribution is -0.123. The molecule has 2 amide bonds. The van der Waals surface area contributed by atoms with E-state index in [4.69, 9.17) is 4.52 Å². The first-order valence-electron chi connectivity index (χ1n) is 9.22. The molecule has 0 aliphatic carbocycles. The van der Waals surface area contributed by atoms with Gasteiger partial charge in [0, 0.05) is 5.56 Å². The fraction of sp³-hybridized carbons (Fsp3) is 0.200. The van der Waals surface area contributed by atoms with Gasteiger partial charge < -0.3 is 4.52 Å². The van der Waals surface area contributed by atoms with Crippen LogP contribution >= 0.6 is 0 Å². The number of nitrogens with zero attached hydrogens (tertiary/aromatic N) is 6. The van der Waals surface area contributed by atoms with Gasteiger partial charge in [-0.05, 0) is 24.6 Å². The largest absolute Gasteiger partial charge is 0.337 e. The molecule has 1 fully saturated rings. The highest BCUT2D eigenvalue weighted by Crippen LogP contribution is 2.33. The molecule has 0 saturated carbocycles. The number of benzene rings is 2. The minimum Gasteiger partial charge on any atom is -0.337 e. The number of imide groups is 1. The van der Waals surface area contributed by atoms with Gasteiger partial charge in [-0.2, -0.15) is 10.1 Å². The second-order valence-electron chi connectivity index (χ2n) is 7.02. The number of hydrogen-bond acceptors (Lipinski definition) is 8. The Kier molecular flexibility index (Phi) is 4.12. The average molecular weight is 406 g/mol. The van der Waals surface area contributed by atoms with Crippen molar-refractivity contribution in [2.45, 2.75) is 25.6 Å². The molecule has 0 unspecified atom stereocenters. The van der Waals surface area contributed by atoms with Gasteiger partial charge in [-0.25, -0.2) is 9.29 Å². The number of fused-ring (bicyclic) bond motifs is 1. The quantitative estimate of drug-likeness (QED) is 0.617. The third-order valence-corrected chi connectivity index (χ3v) is 5.07. The Morgan fingerprint density at radius 3 is 2.67 bits per heavy atom. The summed E-state index contributed by atoms with van der Waals surface area (Å²) < 4.78 is 19.2. The number of hydrogen-bond donors (Lipinski definition) is 0. The van der Waals surface area contributed by atoms with Crippen LogP contribution in [0.25, 0.3) is 11.4 Å². The van der Waals surface area contributed by atoms with Crippen molar-refractivity contribution < 1.29 is 18.5 Å². The SMILES string of the molecule is Cc1ccc(N2C(=O)[C@H]3N=NN(Cc4nc(-c5ccccc5)no4)[C@H]3C2=O)cc1F. The molecule has 0 spiro atoms. The fourth-order valence-electron chi connectivity index (χ4n) is 3.49. The molecule has 3 heterocycles. The first-order chi connectivity index (χ1) is 14.5. The Labute approximate surface area is 169 Å². The summed E-state index contributed by atoms with van der Waals surface area (Å²) in [5.41, 5.74) is 1.37. The molecule has 2 atom stereocenters. The molecule has 10 heteroatoms. The van der Waals surface area contributed by atoms with Gasteiger partial charge in [-0.15, -0.1) is 0 Å². The van der Waals surface area contributed by atoms with E-state index in [-0.39, 0.29) is 18.1 Å². The van der Waals surface area contributed by atoms with Crippen LogP contribution in [0.1, 0.15) is 11.5 Å². The standard InChI is InChI=1S/C20H15FN6O3/c1-11-7-8-13(9-14(11)21)27-19(28)16-17(20(27)29)26(25-23-16)10-15-22-18(24-30-15)12-5-3-2-4-6-12/h2-9,16-17H,10H2,1H3/t16-,17+/m0/s1. The van der Waals surface area contributed by atoms with Crippen LogP contribution in [0.4, 0.5) is 10.1 Å². The van der Waals surface area contributed by atoms with Crippen LogP contribution in [0.2, 0.25) is 0 Å². The van der Waals surface area contributed by atoms with Gasteiger partial charge in [0.1, 0.15) is 12.4 Å². The minimum atomic E-state index is -0.988. The van der Waals surface area contributed by atoms with Crippen molar-refractivity contribution in [2.75, 3.05) is 4.90 Å². The normalized spacial score (nSPS) is 20.3. The highest BCUT2D eigenvalue weighted by Gasteiger charge is 2.55. The molecule has 2 aliphatic rings. The summed E-state index contributed by atoms with van der Waals surface area (Å²) in [5, 5.41) is 13.2. The molecule has 1 saturated heterocycles. The highest BCUT2D eigenvalue weighted by atomic mass is 19.1. The van der Waals surface area contributed by atoms with E-state index in [9.17, 15) is 14.0 Å². The van der Waals surface area contributed by atoms with Crippen molar-refractivity contribution in [3.05, 3.63) is 65.8 Å². The van der Waals surface area contributed by atoms with Crippen LogP contribution in [0, 0.1) is 12.7 Å². The molecule has 1 aromatic heterocycles. The lowest BCUT2D eigenvalue weighted by Gasteiger charge is -2.19. The summed E-state index contributed by atoms with van der Waals surface area (Å²) in [7, 11) is 0. The lowest BCUT2D eigenvalue weighted by Crippen LogP contribution is -2.39. The van der Waals surface area contributed by atoms with E-state index in [1.807, 2.05) is 30.3 Å². The Morgan fingerprint density at radius 1 is 1.10 bits per heavy atom. The van der Waals surface area contributed by atoms with E-state index >= 15 is 0 Å². The predicted molar refractivity (Wildman–Crippen MR) is 101 cm³/mol. The van der Waals surface area contributed by atoms with Gasteiger partial charge in [0.15, 0.2) is 12.1 Å². The minimum absolute atomic E-state index is 0.0135. The Balaban J connectivity index is 1.38. The monoisotopic (exact) mass is 406 g/mol. The zero-order valence-corrected chi connectivity index (χ0v) is 15.8. The molecule has 9 nitrogen and oxygen atoms in total. The summed E-state index contributed by atoms with van der Waals surface area (Å²) >= 11 is 0. The molecule has 30 heavy (non-hydrogen) atoms. The maximum atomic E-state index is 14.0. The maximum Gasteiger partial charge on any atom is 0.263 e. The Bertz CT molecular complexity index is 1180. The molecule has 5 rings (SSSR count). The lowest BCUT2D eigenvalue weighted by atomic mass is 10.1.